The fourth-order valence-corrected chi connectivity index (χ4v) is 11.4. The molecule has 1 heterocycles. The Hall–Kier alpha value is -7.94. The number of furan rings is 1. The molecule has 12 aromatic rings. The van der Waals surface area contributed by atoms with Gasteiger partial charge in [0, 0.05) is 32.6 Å². The van der Waals surface area contributed by atoms with Crippen molar-refractivity contribution in [2.24, 2.45) is 0 Å². The summed E-state index contributed by atoms with van der Waals surface area (Å²) in [6, 6.07) is 74.1. The van der Waals surface area contributed by atoms with Crippen LogP contribution in [-0.2, 0) is 5.41 Å². The molecule has 13 rings (SSSR count). The van der Waals surface area contributed by atoms with Crippen LogP contribution in [0.1, 0.15) is 36.1 Å². The van der Waals surface area contributed by atoms with Crippen LogP contribution in [0.25, 0.3) is 98.4 Å². The van der Waals surface area contributed by atoms with Gasteiger partial charge in [-0.2, -0.15) is 0 Å². The predicted molar refractivity (Wildman–Crippen MR) is 276 cm³/mol. The lowest BCUT2D eigenvalue weighted by Crippen LogP contribution is -2.17. The zero-order valence-electron chi connectivity index (χ0n) is 36.9. The van der Waals surface area contributed by atoms with E-state index in [2.05, 4.69) is 227 Å². The normalized spacial score (nSPS) is 13.0. The molecule has 2 heteroatoms. The Bertz CT molecular complexity index is 3820. The standard InChI is InChI=1S/C63H45NO/c1-38-28-34-56(46-18-7-5-16-42(38)46)64(57-35-29-39(2)43-17-6-8-19-47(43)57)41-31-33-45-44-32-30-40(36-54(44)63(3,4)55(45)37-41)60-48-20-9-11-22-50(48)61(51-23-12-10-21-49(51)60)53-25-15-27-59-62(53)52-24-13-14-26-58(52)65-59/h5-37H,1-4H3. The summed E-state index contributed by atoms with van der Waals surface area (Å²) >= 11 is 0. The molecular formula is C63H45NO. The van der Waals surface area contributed by atoms with Gasteiger partial charge in [-0.1, -0.05) is 172 Å². The summed E-state index contributed by atoms with van der Waals surface area (Å²) in [6.07, 6.45) is 0. The van der Waals surface area contributed by atoms with Crippen molar-refractivity contribution in [3.63, 3.8) is 0 Å². The molecule has 0 spiro atoms. The van der Waals surface area contributed by atoms with Crippen LogP contribution < -0.4 is 4.90 Å². The number of para-hydroxylation sites is 1. The summed E-state index contributed by atoms with van der Waals surface area (Å²) < 4.78 is 6.43. The average Bonchev–Trinajstić information content (AvgIpc) is 3.84. The molecule has 1 aliphatic carbocycles. The number of aryl methyl sites for hydroxylation is 2. The molecule has 65 heavy (non-hydrogen) atoms. The second-order valence-electron chi connectivity index (χ2n) is 18.5. The molecule has 0 saturated heterocycles. The van der Waals surface area contributed by atoms with Crippen molar-refractivity contribution in [3.8, 4) is 33.4 Å². The Balaban J connectivity index is 0.997. The second-order valence-corrected chi connectivity index (χ2v) is 18.5. The molecule has 0 atom stereocenters. The number of benzene rings is 11. The zero-order chi connectivity index (χ0) is 43.6. The zero-order valence-corrected chi connectivity index (χ0v) is 36.9. The minimum Gasteiger partial charge on any atom is -0.456 e. The molecule has 308 valence electrons. The van der Waals surface area contributed by atoms with E-state index in [4.69, 9.17) is 4.42 Å². The van der Waals surface area contributed by atoms with Crippen LogP contribution in [0.15, 0.2) is 205 Å². The molecule has 1 aliphatic rings. The summed E-state index contributed by atoms with van der Waals surface area (Å²) in [6.45, 7) is 9.25. The fraction of sp³-hybridized carbons (Fsp3) is 0.0794. The predicted octanol–water partition coefficient (Wildman–Crippen LogP) is 17.9. The lowest BCUT2D eigenvalue weighted by atomic mass is 9.80. The first-order valence-corrected chi connectivity index (χ1v) is 22.8. The van der Waals surface area contributed by atoms with Crippen molar-refractivity contribution in [1.82, 2.24) is 0 Å². The lowest BCUT2D eigenvalue weighted by Gasteiger charge is -2.30. The van der Waals surface area contributed by atoms with E-state index < -0.39 is 0 Å². The molecule has 11 aromatic carbocycles. The first-order valence-electron chi connectivity index (χ1n) is 22.8. The molecule has 0 amide bonds. The van der Waals surface area contributed by atoms with Gasteiger partial charge in [0.25, 0.3) is 0 Å². The topological polar surface area (TPSA) is 16.4 Å². The highest BCUT2D eigenvalue weighted by atomic mass is 16.3. The number of rotatable bonds is 5. The summed E-state index contributed by atoms with van der Waals surface area (Å²) in [4.78, 5) is 2.50. The summed E-state index contributed by atoms with van der Waals surface area (Å²) in [7, 11) is 0. The van der Waals surface area contributed by atoms with Crippen molar-refractivity contribution >= 4 is 82.1 Å². The van der Waals surface area contributed by atoms with Gasteiger partial charge in [-0.3, -0.25) is 0 Å². The van der Waals surface area contributed by atoms with Crippen LogP contribution in [0.3, 0.4) is 0 Å². The number of anilines is 3. The maximum Gasteiger partial charge on any atom is 0.136 e. The van der Waals surface area contributed by atoms with Gasteiger partial charge in [0.2, 0.25) is 0 Å². The smallest absolute Gasteiger partial charge is 0.136 e. The van der Waals surface area contributed by atoms with Crippen LogP contribution in [0, 0.1) is 13.8 Å². The highest BCUT2D eigenvalue weighted by molar-refractivity contribution is 6.25. The van der Waals surface area contributed by atoms with Crippen molar-refractivity contribution in [2.45, 2.75) is 33.1 Å². The van der Waals surface area contributed by atoms with E-state index in [0.29, 0.717) is 0 Å². The number of fused-ring (bicyclic) bond motifs is 10. The van der Waals surface area contributed by atoms with Crippen molar-refractivity contribution in [2.75, 3.05) is 4.90 Å². The second kappa shape index (κ2) is 14.0. The third-order valence-corrected chi connectivity index (χ3v) is 14.5. The fourth-order valence-electron chi connectivity index (χ4n) is 11.4. The maximum atomic E-state index is 6.43. The van der Waals surface area contributed by atoms with Gasteiger partial charge >= 0.3 is 0 Å². The number of hydrogen-bond donors (Lipinski definition) is 0. The minimum absolute atomic E-state index is 0.267. The highest BCUT2D eigenvalue weighted by Crippen LogP contribution is 2.54. The molecule has 0 N–H and O–H groups in total. The highest BCUT2D eigenvalue weighted by Gasteiger charge is 2.37. The average molecular weight is 832 g/mol. The van der Waals surface area contributed by atoms with Gasteiger partial charge in [0.15, 0.2) is 0 Å². The van der Waals surface area contributed by atoms with Crippen LogP contribution >= 0.6 is 0 Å². The number of hydrogen-bond acceptors (Lipinski definition) is 2. The van der Waals surface area contributed by atoms with E-state index in [1.807, 2.05) is 6.07 Å². The van der Waals surface area contributed by atoms with Crippen LogP contribution in [0.2, 0.25) is 0 Å². The summed E-state index contributed by atoms with van der Waals surface area (Å²) in [5, 5.41) is 12.3. The Morgan fingerprint density at radius 1 is 0.369 bits per heavy atom. The van der Waals surface area contributed by atoms with Gasteiger partial charge in [0.1, 0.15) is 11.2 Å². The first-order chi connectivity index (χ1) is 31.8. The van der Waals surface area contributed by atoms with Gasteiger partial charge in [0.05, 0.1) is 11.4 Å². The summed E-state index contributed by atoms with van der Waals surface area (Å²) in [5.74, 6) is 0. The lowest BCUT2D eigenvalue weighted by molar-refractivity contribution is 0.660. The van der Waals surface area contributed by atoms with Gasteiger partial charge in [-0.05, 0) is 144 Å². The van der Waals surface area contributed by atoms with E-state index in [1.165, 1.54) is 110 Å². The van der Waals surface area contributed by atoms with Crippen LogP contribution in [0.5, 0.6) is 0 Å². The largest absolute Gasteiger partial charge is 0.456 e. The Labute approximate surface area is 378 Å². The van der Waals surface area contributed by atoms with E-state index in [-0.39, 0.29) is 5.41 Å². The molecule has 0 fully saturated rings. The molecule has 1 aromatic heterocycles. The van der Waals surface area contributed by atoms with Gasteiger partial charge in [-0.15, -0.1) is 0 Å². The van der Waals surface area contributed by atoms with Crippen molar-refractivity contribution < 1.29 is 4.42 Å². The Morgan fingerprint density at radius 3 is 1.45 bits per heavy atom. The molecular weight excluding hydrogens is 787 g/mol. The van der Waals surface area contributed by atoms with E-state index in [1.54, 1.807) is 0 Å². The van der Waals surface area contributed by atoms with E-state index >= 15 is 0 Å². The van der Waals surface area contributed by atoms with Crippen molar-refractivity contribution in [3.05, 3.63) is 222 Å². The Morgan fingerprint density at radius 2 is 0.846 bits per heavy atom. The van der Waals surface area contributed by atoms with E-state index in [9.17, 15) is 0 Å². The maximum absolute atomic E-state index is 6.43. The van der Waals surface area contributed by atoms with Gasteiger partial charge < -0.3 is 9.32 Å². The molecule has 0 radical (unpaired) electrons. The minimum atomic E-state index is -0.267. The molecule has 0 saturated carbocycles. The SMILES string of the molecule is Cc1ccc(N(c2ccc3c(c2)C(C)(C)c2cc(-c4c5ccccc5c(-c5cccc6oc7ccccc7c56)c5ccccc45)ccc2-3)c2ccc(C)c3ccccc23)c2ccccc12. The monoisotopic (exact) mass is 831 g/mol. The number of nitrogens with zero attached hydrogens (tertiary/aromatic N) is 1. The Kier molecular flexibility index (Phi) is 8.12. The molecule has 0 bridgehead atoms. The van der Waals surface area contributed by atoms with E-state index in [0.717, 1.165) is 27.6 Å². The molecule has 0 unspecified atom stereocenters. The molecule has 2 nitrogen and oxygen atoms in total. The first kappa shape index (κ1) is 37.6. The third kappa shape index (κ3) is 5.47. The summed E-state index contributed by atoms with van der Waals surface area (Å²) in [5.41, 5.74) is 17.8. The third-order valence-electron chi connectivity index (χ3n) is 14.5. The van der Waals surface area contributed by atoms with Crippen molar-refractivity contribution in [1.29, 1.82) is 0 Å². The van der Waals surface area contributed by atoms with Gasteiger partial charge in [-0.25, -0.2) is 0 Å². The van der Waals surface area contributed by atoms with Crippen LogP contribution in [-0.4, -0.2) is 0 Å². The van der Waals surface area contributed by atoms with Crippen LogP contribution in [0.4, 0.5) is 17.1 Å². The molecule has 0 aliphatic heterocycles. The quantitative estimate of drug-likeness (QED) is 0.161.